The van der Waals surface area contributed by atoms with Gasteiger partial charge in [0.1, 0.15) is 5.75 Å². The number of amides is 1. The molecule has 0 aliphatic heterocycles. The molecule has 152 valence electrons. The molecule has 0 bridgehead atoms. The summed E-state index contributed by atoms with van der Waals surface area (Å²) in [6.07, 6.45) is 1.68. The Morgan fingerprint density at radius 1 is 1.10 bits per heavy atom. The van der Waals surface area contributed by atoms with Gasteiger partial charge in [-0.25, -0.2) is 4.98 Å². The highest BCUT2D eigenvalue weighted by molar-refractivity contribution is 5.93. The van der Waals surface area contributed by atoms with Gasteiger partial charge < -0.3 is 14.5 Å². The molecule has 30 heavy (non-hydrogen) atoms. The van der Waals surface area contributed by atoms with Gasteiger partial charge in [0.25, 0.3) is 5.91 Å². The highest BCUT2D eigenvalue weighted by Crippen LogP contribution is 2.30. The van der Waals surface area contributed by atoms with E-state index in [1.807, 2.05) is 55.5 Å². The summed E-state index contributed by atoms with van der Waals surface area (Å²) in [5.74, 6) is 1.36. The fourth-order valence-electron chi connectivity index (χ4n) is 3.17. The van der Waals surface area contributed by atoms with Crippen LogP contribution < -0.4 is 10.1 Å². The van der Waals surface area contributed by atoms with E-state index in [2.05, 4.69) is 29.1 Å². The van der Waals surface area contributed by atoms with Gasteiger partial charge >= 0.3 is 0 Å². The van der Waals surface area contributed by atoms with Crippen molar-refractivity contribution in [3.8, 4) is 17.2 Å². The minimum absolute atomic E-state index is 0.0719. The number of pyridine rings is 1. The molecule has 0 fully saturated rings. The van der Waals surface area contributed by atoms with E-state index in [0.29, 0.717) is 34.5 Å². The second kappa shape index (κ2) is 8.37. The first-order valence-corrected chi connectivity index (χ1v) is 9.85. The lowest BCUT2D eigenvalue weighted by Gasteiger charge is -2.12. The van der Waals surface area contributed by atoms with Crippen LogP contribution in [0.4, 0.5) is 5.69 Å². The van der Waals surface area contributed by atoms with Crippen molar-refractivity contribution in [2.24, 2.45) is 0 Å². The van der Waals surface area contributed by atoms with Gasteiger partial charge in [0.05, 0.1) is 0 Å². The van der Waals surface area contributed by atoms with E-state index < -0.39 is 0 Å². The average molecular weight is 401 g/mol. The molecule has 0 atom stereocenters. The van der Waals surface area contributed by atoms with Crippen molar-refractivity contribution in [2.45, 2.75) is 26.7 Å². The van der Waals surface area contributed by atoms with Crippen molar-refractivity contribution in [1.29, 1.82) is 0 Å². The first kappa shape index (κ1) is 19.6. The number of rotatable bonds is 6. The molecule has 0 saturated heterocycles. The summed E-state index contributed by atoms with van der Waals surface area (Å²) in [7, 11) is 0. The summed E-state index contributed by atoms with van der Waals surface area (Å²) in [6.45, 7) is 6.12. The largest absolute Gasteiger partial charge is 0.484 e. The van der Waals surface area contributed by atoms with Crippen molar-refractivity contribution >= 4 is 22.8 Å². The van der Waals surface area contributed by atoms with Crippen LogP contribution in [0.2, 0.25) is 0 Å². The number of oxazole rings is 1. The Morgan fingerprint density at radius 2 is 1.90 bits per heavy atom. The molecule has 0 unspecified atom stereocenters. The monoisotopic (exact) mass is 401 g/mol. The van der Waals surface area contributed by atoms with Crippen molar-refractivity contribution in [3.63, 3.8) is 0 Å². The van der Waals surface area contributed by atoms with E-state index in [0.717, 1.165) is 11.1 Å². The number of hydrogen-bond acceptors (Lipinski definition) is 5. The Hall–Kier alpha value is -3.67. The zero-order chi connectivity index (χ0) is 21.1. The summed E-state index contributed by atoms with van der Waals surface area (Å²) < 4.78 is 11.4. The number of carbonyl (C=O) groups excluding carboxylic acids is 1. The number of ether oxygens (including phenoxy) is 1. The molecule has 0 aliphatic carbocycles. The van der Waals surface area contributed by atoms with E-state index in [-0.39, 0.29) is 12.5 Å². The number of nitrogens with zero attached hydrogens (tertiary/aromatic N) is 2. The molecule has 0 spiro atoms. The SMILES string of the molecule is Cc1c(NC(=O)COc2ccc(C(C)C)cc2)cccc1-c1nc2ncccc2o1. The van der Waals surface area contributed by atoms with Crippen LogP contribution in [0.3, 0.4) is 0 Å². The lowest BCUT2D eigenvalue weighted by molar-refractivity contribution is -0.118. The third-order valence-electron chi connectivity index (χ3n) is 4.92. The summed E-state index contributed by atoms with van der Waals surface area (Å²) in [5, 5.41) is 2.90. The van der Waals surface area contributed by atoms with Crippen LogP contribution in [-0.2, 0) is 4.79 Å². The number of anilines is 1. The van der Waals surface area contributed by atoms with Gasteiger partial charge in [0.2, 0.25) is 5.89 Å². The molecule has 2 aromatic carbocycles. The Balaban J connectivity index is 1.45. The highest BCUT2D eigenvalue weighted by Gasteiger charge is 2.14. The molecule has 0 radical (unpaired) electrons. The minimum Gasteiger partial charge on any atom is -0.484 e. The quantitative estimate of drug-likeness (QED) is 0.472. The third kappa shape index (κ3) is 4.17. The van der Waals surface area contributed by atoms with Crippen molar-refractivity contribution in [2.75, 3.05) is 11.9 Å². The first-order valence-electron chi connectivity index (χ1n) is 9.85. The maximum Gasteiger partial charge on any atom is 0.262 e. The molecule has 2 heterocycles. The van der Waals surface area contributed by atoms with Gasteiger partial charge in [0.15, 0.2) is 17.8 Å². The second-order valence-corrected chi connectivity index (χ2v) is 7.38. The van der Waals surface area contributed by atoms with Gasteiger partial charge in [-0.3, -0.25) is 4.79 Å². The Kier molecular flexibility index (Phi) is 5.48. The van der Waals surface area contributed by atoms with Crippen LogP contribution in [-0.4, -0.2) is 22.5 Å². The van der Waals surface area contributed by atoms with Gasteiger partial charge in [-0.1, -0.05) is 32.0 Å². The lowest BCUT2D eigenvalue weighted by atomic mass is 10.0. The molecule has 6 nitrogen and oxygen atoms in total. The lowest BCUT2D eigenvalue weighted by Crippen LogP contribution is -2.20. The number of hydrogen-bond donors (Lipinski definition) is 1. The van der Waals surface area contributed by atoms with Gasteiger partial charge in [-0.05, 0) is 60.4 Å². The summed E-state index contributed by atoms with van der Waals surface area (Å²) in [6, 6.07) is 17.0. The molecular formula is C24H23N3O3. The zero-order valence-electron chi connectivity index (χ0n) is 17.2. The van der Waals surface area contributed by atoms with E-state index in [4.69, 9.17) is 9.15 Å². The number of benzene rings is 2. The van der Waals surface area contributed by atoms with E-state index in [1.54, 1.807) is 12.3 Å². The third-order valence-corrected chi connectivity index (χ3v) is 4.92. The summed E-state index contributed by atoms with van der Waals surface area (Å²) >= 11 is 0. The molecule has 4 rings (SSSR count). The fourth-order valence-corrected chi connectivity index (χ4v) is 3.17. The van der Waals surface area contributed by atoms with E-state index in [1.165, 1.54) is 5.56 Å². The molecule has 6 heteroatoms. The summed E-state index contributed by atoms with van der Waals surface area (Å²) in [4.78, 5) is 21.1. The van der Waals surface area contributed by atoms with Crippen molar-refractivity contribution < 1.29 is 13.9 Å². The van der Waals surface area contributed by atoms with Crippen molar-refractivity contribution in [3.05, 3.63) is 71.9 Å². The molecule has 1 amide bonds. The Bertz CT molecular complexity index is 1150. The smallest absolute Gasteiger partial charge is 0.262 e. The Labute approximate surface area is 174 Å². The topological polar surface area (TPSA) is 77.2 Å². The van der Waals surface area contributed by atoms with Gasteiger partial charge in [-0.2, -0.15) is 4.98 Å². The normalized spacial score (nSPS) is 11.1. The number of nitrogens with one attached hydrogen (secondary N) is 1. The first-order chi connectivity index (χ1) is 14.5. The Morgan fingerprint density at radius 3 is 2.63 bits per heavy atom. The highest BCUT2D eigenvalue weighted by atomic mass is 16.5. The average Bonchev–Trinajstić information content (AvgIpc) is 3.18. The van der Waals surface area contributed by atoms with E-state index in [9.17, 15) is 4.79 Å². The molecule has 2 aromatic heterocycles. The van der Waals surface area contributed by atoms with Crippen molar-refractivity contribution in [1.82, 2.24) is 9.97 Å². The number of fused-ring (bicyclic) bond motifs is 1. The van der Waals surface area contributed by atoms with Crippen LogP contribution in [0.5, 0.6) is 5.75 Å². The van der Waals surface area contributed by atoms with E-state index >= 15 is 0 Å². The standard InChI is InChI=1S/C24H23N3O3/c1-15(2)17-9-11-18(12-10-17)29-14-22(28)26-20-7-4-6-19(16(20)3)24-27-23-21(30-24)8-5-13-25-23/h4-13,15H,14H2,1-3H3,(H,26,28). The molecule has 0 aliphatic rings. The minimum atomic E-state index is -0.234. The van der Waals surface area contributed by atoms with Crippen LogP contribution in [0.25, 0.3) is 22.7 Å². The predicted molar refractivity (Wildman–Crippen MR) is 117 cm³/mol. The molecule has 1 N–H and O–H groups in total. The maximum absolute atomic E-state index is 12.4. The maximum atomic E-state index is 12.4. The second-order valence-electron chi connectivity index (χ2n) is 7.38. The fraction of sp³-hybridized carbons (Fsp3) is 0.208. The van der Waals surface area contributed by atoms with Crippen LogP contribution >= 0.6 is 0 Å². The van der Waals surface area contributed by atoms with Crippen LogP contribution in [0.1, 0.15) is 30.9 Å². The predicted octanol–water partition coefficient (Wildman–Crippen LogP) is 5.34. The number of carbonyl (C=O) groups is 1. The van der Waals surface area contributed by atoms with Gasteiger partial charge in [-0.15, -0.1) is 0 Å². The van der Waals surface area contributed by atoms with Gasteiger partial charge in [0, 0.05) is 17.4 Å². The number of aromatic nitrogens is 2. The zero-order valence-corrected chi connectivity index (χ0v) is 17.2. The molecule has 4 aromatic rings. The van der Waals surface area contributed by atoms with Crippen LogP contribution in [0, 0.1) is 6.92 Å². The molecular weight excluding hydrogens is 378 g/mol. The molecule has 0 saturated carbocycles. The summed E-state index contributed by atoms with van der Waals surface area (Å²) in [5.41, 5.74) is 4.76. The van der Waals surface area contributed by atoms with Crippen LogP contribution in [0.15, 0.2) is 65.2 Å².